The quantitative estimate of drug-likeness (QED) is 0.584. The molecule has 3 heteroatoms. The number of nitrogens with one attached hydrogen (secondary N) is 1. The Balaban J connectivity index is 2.44. The van der Waals surface area contributed by atoms with Crippen LogP contribution < -0.4 is 5.32 Å². The molecule has 1 unspecified atom stereocenters. The smallest absolute Gasteiger partial charge is 0.126 e. The van der Waals surface area contributed by atoms with E-state index in [2.05, 4.69) is 12.2 Å². The molecule has 1 aromatic carbocycles. The molecule has 0 aromatic heterocycles. The minimum absolute atomic E-state index is 0.0760. The van der Waals surface area contributed by atoms with Gasteiger partial charge in [-0.05, 0) is 36.9 Å². The molecule has 0 aliphatic carbocycles. The molecule has 0 saturated heterocycles. The summed E-state index contributed by atoms with van der Waals surface area (Å²) in [6.07, 6.45) is 7.04. The highest BCUT2D eigenvalue weighted by Gasteiger charge is 2.12. The molecule has 0 fully saturated rings. The maximum Gasteiger partial charge on any atom is 0.126 e. The van der Waals surface area contributed by atoms with Gasteiger partial charge in [0.1, 0.15) is 5.82 Å². The van der Waals surface area contributed by atoms with E-state index in [1.165, 1.54) is 25.7 Å². The average Bonchev–Trinajstić information content (AvgIpc) is 2.50. The van der Waals surface area contributed by atoms with Crippen LogP contribution in [0.15, 0.2) is 24.3 Å². The van der Waals surface area contributed by atoms with Gasteiger partial charge in [0, 0.05) is 13.7 Å². The first kappa shape index (κ1) is 18.1. The second-order valence-electron chi connectivity index (χ2n) is 5.71. The van der Waals surface area contributed by atoms with Gasteiger partial charge >= 0.3 is 0 Å². The van der Waals surface area contributed by atoms with Crippen LogP contribution in [-0.2, 0) is 11.2 Å². The normalized spacial score (nSPS) is 12.5. The fraction of sp³-hybridized carbons (Fsp3) is 0.667. The molecule has 0 amide bonds. The Morgan fingerprint density at radius 2 is 2.00 bits per heavy atom. The largest absolute Gasteiger partial charge is 0.383 e. The van der Waals surface area contributed by atoms with Crippen molar-refractivity contribution in [2.75, 3.05) is 26.8 Å². The van der Waals surface area contributed by atoms with E-state index >= 15 is 0 Å². The predicted octanol–water partition coefficient (Wildman–Crippen LogP) is 4.19. The average molecular weight is 295 g/mol. The van der Waals surface area contributed by atoms with Crippen molar-refractivity contribution in [3.63, 3.8) is 0 Å². The fourth-order valence-corrected chi connectivity index (χ4v) is 2.59. The van der Waals surface area contributed by atoms with E-state index in [1.54, 1.807) is 19.2 Å². The van der Waals surface area contributed by atoms with E-state index in [4.69, 9.17) is 4.74 Å². The van der Waals surface area contributed by atoms with Crippen LogP contribution in [0.5, 0.6) is 0 Å². The van der Waals surface area contributed by atoms with Gasteiger partial charge in [-0.3, -0.25) is 0 Å². The number of hydrogen-bond donors (Lipinski definition) is 1. The van der Waals surface area contributed by atoms with Gasteiger partial charge in [0.2, 0.25) is 0 Å². The molecule has 0 aliphatic heterocycles. The minimum Gasteiger partial charge on any atom is -0.383 e. The highest BCUT2D eigenvalue weighted by Crippen LogP contribution is 2.18. The van der Waals surface area contributed by atoms with Crippen LogP contribution in [0, 0.1) is 11.7 Å². The lowest BCUT2D eigenvalue weighted by Crippen LogP contribution is -2.27. The van der Waals surface area contributed by atoms with Crippen molar-refractivity contribution in [3.8, 4) is 0 Å². The van der Waals surface area contributed by atoms with Gasteiger partial charge in [0.25, 0.3) is 0 Å². The van der Waals surface area contributed by atoms with Crippen LogP contribution in [0.4, 0.5) is 4.39 Å². The summed E-state index contributed by atoms with van der Waals surface area (Å²) in [4.78, 5) is 0. The monoisotopic (exact) mass is 295 g/mol. The molecule has 0 bridgehead atoms. The molecule has 0 spiro atoms. The molecule has 1 rings (SSSR count). The van der Waals surface area contributed by atoms with Crippen molar-refractivity contribution >= 4 is 0 Å². The summed E-state index contributed by atoms with van der Waals surface area (Å²) in [6, 6.07) is 7.14. The van der Waals surface area contributed by atoms with Gasteiger partial charge in [0.15, 0.2) is 0 Å². The molecule has 1 atom stereocenters. The highest BCUT2D eigenvalue weighted by molar-refractivity contribution is 5.17. The molecular formula is C18H30FNO. The fourth-order valence-electron chi connectivity index (χ4n) is 2.59. The first-order valence-electron chi connectivity index (χ1n) is 8.21. The molecule has 0 radical (unpaired) electrons. The van der Waals surface area contributed by atoms with Crippen molar-refractivity contribution in [2.45, 2.75) is 45.4 Å². The zero-order valence-electron chi connectivity index (χ0n) is 13.5. The lowest BCUT2D eigenvalue weighted by atomic mass is 9.93. The first-order valence-corrected chi connectivity index (χ1v) is 8.21. The standard InChI is InChI=1S/C18H30FNO/c1-3-4-5-6-9-16(15-20-12-13-21-2)14-17-10-7-8-11-18(17)19/h7-8,10-11,16,20H,3-6,9,12-15H2,1-2H3. The lowest BCUT2D eigenvalue weighted by molar-refractivity contribution is 0.197. The summed E-state index contributed by atoms with van der Waals surface area (Å²) < 4.78 is 18.8. The number of halogens is 1. The number of rotatable bonds is 12. The summed E-state index contributed by atoms with van der Waals surface area (Å²) in [5, 5.41) is 3.42. The number of unbranched alkanes of at least 4 members (excludes halogenated alkanes) is 3. The van der Waals surface area contributed by atoms with E-state index in [9.17, 15) is 4.39 Å². The maximum atomic E-state index is 13.8. The molecule has 0 heterocycles. The summed E-state index contributed by atoms with van der Waals surface area (Å²) in [7, 11) is 1.71. The Morgan fingerprint density at radius 3 is 2.71 bits per heavy atom. The molecule has 2 nitrogen and oxygen atoms in total. The number of hydrogen-bond acceptors (Lipinski definition) is 2. The third-order valence-electron chi connectivity index (χ3n) is 3.85. The molecule has 1 N–H and O–H groups in total. The van der Waals surface area contributed by atoms with Crippen molar-refractivity contribution in [1.82, 2.24) is 5.32 Å². The Bertz CT molecular complexity index is 358. The Kier molecular flexibility index (Phi) is 10.1. The molecule has 120 valence electrons. The van der Waals surface area contributed by atoms with Crippen molar-refractivity contribution in [1.29, 1.82) is 0 Å². The van der Waals surface area contributed by atoms with E-state index in [-0.39, 0.29) is 5.82 Å². The van der Waals surface area contributed by atoms with Gasteiger partial charge in [-0.2, -0.15) is 0 Å². The SMILES string of the molecule is CCCCCCC(CNCCOC)Cc1ccccc1F. The highest BCUT2D eigenvalue weighted by atomic mass is 19.1. The zero-order chi connectivity index (χ0) is 15.3. The number of methoxy groups -OCH3 is 1. The molecule has 0 aliphatic rings. The van der Waals surface area contributed by atoms with Crippen molar-refractivity contribution in [2.24, 2.45) is 5.92 Å². The Hall–Kier alpha value is -0.930. The van der Waals surface area contributed by atoms with Crippen LogP contribution in [0.2, 0.25) is 0 Å². The van der Waals surface area contributed by atoms with E-state index in [0.717, 1.165) is 38.1 Å². The van der Waals surface area contributed by atoms with Crippen LogP contribution >= 0.6 is 0 Å². The van der Waals surface area contributed by atoms with Gasteiger partial charge in [-0.1, -0.05) is 50.8 Å². The second-order valence-corrected chi connectivity index (χ2v) is 5.71. The van der Waals surface area contributed by atoms with Gasteiger partial charge in [0.05, 0.1) is 6.61 Å². The third kappa shape index (κ3) is 8.18. The van der Waals surface area contributed by atoms with Gasteiger partial charge in [-0.15, -0.1) is 0 Å². The van der Waals surface area contributed by atoms with Crippen LogP contribution in [0.1, 0.15) is 44.6 Å². The van der Waals surface area contributed by atoms with Crippen LogP contribution in [0.3, 0.4) is 0 Å². The summed E-state index contributed by atoms with van der Waals surface area (Å²) in [6.45, 7) is 4.74. The molecule has 1 aromatic rings. The van der Waals surface area contributed by atoms with E-state index < -0.39 is 0 Å². The predicted molar refractivity (Wildman–Crippen MR) is 87.1 cm³/mol. The minimum atomic E-state index is -0.0760. The maximum absolute atomic E-state index is 13.8. The Labute approximate surface area is 129 Å². The lowest BCUT2D eigenvalue weighted by Gasteiger charge is -2.18. The first-order chi connectivity index (χ1) is 10.3. The topological polar surface area (TPSA) is 21.3 Å². The van der Waals surface area contributed by atoms with E-state index in [0.29, 0.717) is 5.92 Å². The summed E-state index contributed by atoms with van der Waals surface area (Å²) in [5.74, 6) is 0.420. The van der Waals surface area contributed by atoms with Gasteiger partial charge in [-0.25, -0.2) is 4.39 Å². The van der Waals surface area contributed by atoms with Crippen molar-refractivity contribution < 1.29 is 9.13 Å². The van der Waals surface area contributed by atoms with E-state index in [1.807, 2.05) is 12.1 Å². The summed E-state index contributed by atoms with van der Waals surface area (Å²) >= 11 is 0. The second kappa shape index (κ2) is 11.7. The Morgan fingerprint density at radius 1 is 1.19 bits per heavy atom. The zero-order valence-corrected chi connectivity index (χ0v) is 13.5. The molecule has 0 saturated carbocycles. The number of ether oxygens (including phenoxy) is 1. The van der Waals surface area contributed by atoms with Crippen LogP contribution in [0.25, 0.3) is 0 Å². The molecule has 21 heavy (non-hydrogen) atoms. The van der Waals surface area contributed by atoms with Gasteiger partial charge < -0.3 is 10.1 Å². The summed E-state index contributed by atoms with van der Waals surface area (Å²) in [5.41, 5.74) is 0.839. The third-order valence-corrected chi connectivity index (χ3v) is 3.85. The number of benzene rings is 1. The van der Waals surface area contributed by atoms with Crippen molar-refractivity contribution in [3.05, 3.63) is 35.6 Å². The van der Waals surface area contributed by atoms with Crippen LogP contribution in [-0.4, -0.2) is 26.8 Å². The molecular weight excluding hydrogens is 265 g/mol.